The third-order valence-electron chi connectivity index (χ3n) is 4.27. The van der Waals surface area contributed by atoms with Gasteiger partial charge in [0, 0.05) is 22.7 Å². The number of hydrogen-bond acceptors (Lipinski definition) is 5. The molecule has 2 rings (SSSR count). The Morgan fingerprint density at radius 2 is 1.77 bits per heavy atom. The normalized spacial score (nSPS) is 21.4. The summed E-state index contributed by atoms with van der Waals surface area (Å²) < 4.78 is 0. The molecule has 0 radical (unpaired) electrons. The first kappa shape index (κ1) is 16.5. The molecule has 7 heteroatoms. The van der Waals surface area contributed by atoms with Gasteiger partial charge in [-0.3, -0.25) is 9.59 Å². The maximum absolute atomic E-state index is 12.4. The van der Waals surface area contributed by atoms with Crippen molar-refractivity contribution in [1.29, 1.82) is 0 Å². The molecule has 0 aromatic carbocycles. The summed E-state index contributed by atoms with van der Waals surface area (Å²) in [5.74, 6) is -3.56. The molecule has 1 fully saturated rings. The van der Waals surface area contributed by atoms with Crippen molar-refractivity contribution < 1.29 is 19.5 Å². The molecule has 1 saturated carbocycles. The Kier molecular flexibility index (Phi) is 4.85. The molecule has 22 heavy (non-hydrogen) atoms. The lowest BCUT2D eigenvalue weighted by atomic mass is 9.79. The predicted molar refractivity (Wildman–Crippen MR) is 81.4 cm³/mol. The van der Waals surface area contributed by atoms with E-state index in [2.05, 4.69) is 5.32 Å². The molecule has 1 aromatic rings. The van der Waals surface area contributed by atoms with Gasteiger partial charge in [0.05, 0.1) is 5.56 Å². The van der Waals surface area contributed by atoms with E-state index < -0.39 is 23.7 Å². The van der Waals surface area contributed by atoms with Crippen molar-refractivity contribution in [2.45, 2.75) is 39.5 Å². The van der Waals surface area contributed by atoms with Gasteiger partial charge in [-0.05, 0) is 32.3 Å². The molecule has 3 N–H and O–H groups in total. The van der Waals surface area contributed by atoms with Gasteiger partial charge in [-0.1, -0.05) is 12.8 Å². The molecular formula is C15H19N2O4S-. The quantitative estimate of drug-likeness (QED) is 0.859. The number of primary amides is 1. The van der Waals surface area contributed by atoms with Crippen LogP contribution >= 0.6 is 11.3 Å². The zero-order valence-corrected chi connectivity index (χ0v) is 13.4. The van der Waals surface area contributed by atoms with Crippen LogP contribution in [0.2, 0.25) is 0 Å². The Hall–Kier alpha value is -1.89. The number of thiophene rings is 1. The van der Waals surface area contributed by atoms with Crippen molar-refractivity contribution in [2.24, 2.45) is 17.6 Å². The van der Waals surface area contributed by atoms with Gasteiger partial charge in [0.1, 0.15) is 5.00 Å². The van der Waals surface area contributed by atoms with E-state index in [1.807, 2.05) is 6.92 Å². The van der Waals surface area contributed by atoms with Gasteiger partial charge in [-0.2, -0.15) is 0 Å². The zero-order chi connectivity index (χ0) is 16.4. The van der Waals surface area contributed by atoms with Gasteiger partial charge in [0.25, 0.3) is 5.91 Å². The van der Waals surface area contributed by atoms with Crippen LogP contribution in [0.5, 0.6) is 0 Å². The third-order valence-corrected chi connectivity index (χ3v) is 5.40. The minimum absolute atomic E-state index is 0.302. The summed E-state index contributed by atoms with van der Waals surface area (Å²) in [6.07, 6.45) is 2.56. The second-order valence-corrected chi connectivity index (χ2v) is 6.88. The van der Waals surface area contributed by atoms with Crippen LogP contribution in [0.25, 0.3) is 0 Å². The van der Waals surface area contributed by atoms with Crippen molar-refractivity contribution in [3.8, 4) is 0 Å². The number of nitrogens with two attached hydrogens (primary N) is 1. The Bertz CT molecular complexity index is 623. The highest BCUT2D eigenvalue weighted by Gasteiger charge is 2.32. The van der Waals surface area contributed by atoms with E-state index >= 15 is 0 Å². The SMILES string of the molecule is Cc1sc(NC(=O)C2CCCCC2C(=O)[O-])c(C(N)=O)c1C. The summed E-state index contributed by atoms with van der Waals surface area (Å²) >= 11 is 1.28. The Morgan fingerprint density at radius 1 is 1.18 bits per heavy atom. The molecule has 0 spiro atoms. The van der Waals surface area contributed by atoms with Crippen LogP contribution in [0.4, 0.5) is 5.00 Å². The third kappa shape index (κ3) is 3.14. The number of carboxylic acids is 1. The number of hydrogen-bond donors (Lipinski definition) is 2. The first-order valence-electron chi connectivity index (χ1n) is 7.24. The molecule has 0 aliphatic heterocycles. The largest absolute Gasteiger partial charge is 0.550 e. The zero-order valence-electron chi connectivity index (χ0n) is 12.6. The topological polar surface area (TPSA) is 112 Å². The van der Waals surface area contributed by atoms with E-state index in [4.69, 9.17) is 5.73 Å². The highest BCUT2D eigenvalue weighted by atomic mass is 32.1. The van der Waals surface area contributed by atoms with Gasteiger partial charge in [-0.25, -0.2) is 0 Å². The summed E-state index contributed by atoms with van der Waals surface area (Å²) in [7, 11) is 0. The van der Waals surface area contributed by atoms with Gasteiger partial charge in [0.15, 0.2) is 0 Å². The molecule has 1 aromatic heterocycles. The molecule has 1 aliphatic carbocycles. The molecule has 120 valence electrons. The summed E-state index contributed by atoms with van der Waals surface area (Å²) in [6.45, 7) is 3.61. The number of carboxylic acid groups (broad SMARTS) is 1. The van der Waals surface area contributed by atoms with Crippen LogP contribution in [-0.4, -0.2) is 17.8 Å². The lowest BCUT2D eigenvalue weighted by Crippen LogP contribution is -2.42. The minimum atomic E-state index is -1.19. The fourth-order valence-electron chi connectivity index (χ4n) is 2.94. The molecule has 6 nitrogen and oxygen atoms in total. The highest BCUT2D eigenvalue weighted by molar-refractivity contribution is 7.16. The van der Waals surface area contributed by atoms with Crippen LogP contribution in [0, 0.1) is 25.7 Å². The van der Waals surface area contributed by atoms with Crippen molar-refractivity contribution in [2.75, 3.05) is 5.32 Å². The van der Waals surface area contributed by atoms with E-state index in [0.717, 1.165) is 23.3 Å². The smallest absolute Gasteiger partial charge is 0.251 e. The Morgan fingerprint density at radius 3 is 2.32 bits per heavy atom. The van der Waals surface area contributed by atoms with E-state index in [9.17, 15) is 19.5 Å². The van der Waals surface area contributed by atoms with Crippen molar-refractivity contribution >= 4 is 34.1 Å². The van der Waals surface area contributed by atoms with Crippen LogP contribution in [0.15, 0.2) is 0 Å². The Labute approximate surface area is 132 Å². The average Bonchev–Trinajstić information content (AvgIpc) is 2.73. The maximum Gasteiger partial charge on any atom is 0.251 e. The number of amides is 2. The number of carbonyl (C=O) groups is 3. The van der Waals surface area contributed by atoms with Gasteiger partial charge in [0.2, 0.25) is 5.91 Å². The van der Waals surface area contributed by atoms with E-state index in [-0.39, 0.29) is 5.91 Å². The van der Waals surface area contributed by atoms with Crippen molar-refractivity contribution in [1.82, 2.24) is 0 Å². The monoisotopic (exact) mass is 323 g/mol. The second kappa shape index (κ2) is 6.48. The molecule has 0 bridgehead atoms. The summed E-state index contributed by atoms with van der Waals surface area (Å²) in [4.78, 5) is 36.1. The number of anilines is 1. The van der Waals surface area contributed by atoms with Crippen LogP contribution in [-0.2, 0) is 9.59 Å². The number of rotatable bonds is 4. The first-order chi connectivity index (χ1) is 10.3. The minimum Gasteiger partial charge on any atom is -0.550 e. The molecular weight excluding hydrogens is 304 g/mol. The molecule has 2 amide bonds. The molecule has 1 aliphatic rings. The Balaban J connectivity index is 2.23. The fraction of sp³-hybridized carbons (Fsp3) is 0.533. The van der Waals surface area contributed by atoms with Crippen LogP contribution in [0.3, 0.4) is 0 Å². The molecule has 2 unspecified atom stereocenters. The number of aryl methyl sites for hydroxylation is 1. The summed E-state index contributed by atoms with van der Waals surface area (Å²) in [5.41, 5.74) is 6.42. The number of nitrogens with one attached hydrogen (secondary N) is 1. The molecule has 0 saturated heterocycles. The molecule has 2 atom stereocenters. The van der Waals surface area contributed by atoms with Crippen LogP contribution < -0.4 is 16.2 Å². The number of carbonyl (C=O) groups excluding carboxylic acids is 3. The van der Waals surface area contributed by atoms with Crippen molar-refractivity contribution in [3.63, 3.8) is 0 Å². The lowest BCUT2D eigenvalue weighted by molar-refractivity contribution is -0.313. The second-order valence-electron chi connectivity index (χ2n) is 5.66. The average molecular weight is 323 g/mol. The van der Waals surface area contributed by atoms with Gasteiger partial charge >= 0.3 is 0 Å². The lowest BCUT2D eigenvalue weighted by Gasteiger charge is -2.31. The standard InChI is InChI=1S/C15H20N2O4S/c1-7-8(2)22-14(11(7)12(16)18)17-13(19)9-5-3-4-6-10(9)15(20)21/h9-10H,3-6H2,1-2H3,(H2,16,18)(H,17,19)(H,20,21)/p-1. The first-order valence-corrected chi connectivity index (χ1v) is 8.06. The maximum atomic E-state index is 12.4. The highest BCUT2D eigenvalue weighted by Crippen LogP contribution is 2.35. The fourth-order valence-corrected chi connectivity index (χ4v) is 4.01. The van der Waals surface area contributed by atoms with E-state index in [1.54, 1.807) is 6.92 Å². The van der Waals surface area contributed by atoms with Crippen LogP contribution in [0.1, 0.15) is 46.5 Å². The van der Waals surface area contributed by atoms with E-state index in [1.165, 1.54) is 11.3 Å². The predicted octanol–water partition coefficient (Wildman–Crippen LogP) is 0.959. The van der Waals surface area contributed by atoms with Gasteiger partial charge in [-0.15, -0.1) is 11.3 Å². The van der Waals surface area contributed by atoms with E-state index in [0.29, 0.717) is 23.4 Å². The summed E-state index contributed by atoms with van der Waals surface area (Å²) in [5, 5.41) is 14.3. The molecule has 1 heterocycles. The van der Waals surface area contributed by atoms with Crippen molar-refractivity contribution in [3.05, 3.63) is 16.0 Å². The number of aliphatic carboxylic acids is 1. The van der Waals surface area contributed by atoms with Gasteiger partial charge < -0.3 is 21.0 Å². The summed E-state index contributed by atoms with van der Waals surface area (Å²) in [6, 6.07) is 0.